The van der Waals surface area contributed by atoms with Crippen molar-refractivity contribution >= 4 is 47.4 Å². The van der Waals surface area contributed by atoms with Gasteiger partial charge in [0.25, 0.3) is 5.91 Å². The van der Waals surface area contributed by atoms with Crippen molar-refractivity contribution in [1.29, 1.82) is 0 Å². The Morgan fingerprint density at radius 3 is 2.62 bits per heavy atom. The van der Waals surface area contributed by atoms with E-state index in [2.05, 4.69) is 27.0 Å². The van der Waals surface area contributed by atoms with Gasteiger partial charge in [0.2, 0.25) is 5.91 Å². The molecule has 2 aromatic carbocycles. The maximum absolute atomic E-state index is 12.6. The number of nitrogens with one attached hydrogen (secondary N) is 3. The smallest absolute Gasteiger partial charge is 0.251 e. The highest BCUT2D eigenvalue weighted by molar-refractivity contribution is 14.0. The number of anilines is 1. The Morgan fingerprint density at radius 2 is 1.84 bits per heavy atom. The molecule has 0 aromatic heterocycles. The van der Waals surface area contributed by atoms with Crippen LogP contribution in [0.3, 0.4) is 0 Å². The lowest BCUT2D eigenvalue weighted by atomic mass is 10.1. The third-order valence-electron chi connectivity index (χ3n) is 5.39. The van der Waals surface area contributed by atoms with Crippen LogP contribution in [-0.4, -0.2) is 51.5 Å². The Morgan fingerprint density at radius 1 is 1.06 bits per heavy atom. The quantitative estimate of drug-likeness (QED) is 0.205. The maximum atomic E-state index is 12.6. The summed E-state index contributed by atoms with van der Waals surface area (Å²) in [4.78, 5) is 30.5. The van der Waals surface area contributed by atoms with E-state index in [0.717, 1.165) is 37.1 Å². The minimum atomic E-state index is -0.0840. The number of carbonyl (C=O) groups is 2. The predicted octanol–water partition coefficient (Wildman–Crippen LogP) is 2.74. The average Bonchev–Trinajstić information content (AvgIpc) is 3.24. The van der Waals surface area contributed by atoms with E-state index in [1.54, 1.807) is 20.2 Å². The van der Waals surface area contributed by atoms with Crippen LogP contribution in [0.5, 0.6) is 0 Å². The first-order valence-electron chi connectivity index (χ1n) is 10.8. The molecule has 0 aliphatic carbocycles. The number of para-hydroxylation sites is 1. The lowest BCUT2D eigenvalue weighted by Gasteiger charge is -2.17. The molecule has 8 heteroatoms. The highest BCUT2D eigenvalue weighted by atomic mass is 127. The lowest BCUT2D eigenvalue weighted by molar-refractivity contribution is -0.118. The molecular weight excluding hydrogens is 517 g/mol. The van der Waals surface area contributed by atoms with Crippen LogP contribution in [0.15, 0.2) is 53.5 Å². The second-order valence-electron chi connectivity index (χ2n) is 7.48. The number of carbonyl (C=O) groups excluding carboxylic acids is 2. The van der Waals surface area contributed by atoms with Crippen molar-refractivity contribution in [2.75, 3.05) is 38.6 Å². The molecule has 0 saturated heterocycles. The number of amides is 2. The van der Waals surface area contributed by atoms with Gasteiger partial charge in [0.1, 0.15) is 0 Å². The van der Waals surface area contributed by atoms with Crippen LogP contribution in [0.25, 0.3) is 0 Å². The molecule has 1 heterocycles. The van der Waals surface area contributed by atoms with E-state index < -0.39 is 0 Å². The number of guanidine groups is 1. The molecule has 1 aliphatic rings. The van der Waals surface area contributed by atoms with Gasteiger partial charge in [-0.15, -0.1) is 24.0 Å². The molecular formula is C24H32IN5O2. The van der Waals surface area contributed by atoms with Crippen LogP contribution < -0.4 is 20.9 Å². The summed E-state index contributed by atoms with van der Waals surface area (Å²) in [6, 6.07) is 15.7. The molecule has 3 rings (SSSR count). The molecule has 172 valence electrons. The number of fused-ring (bicyclic) bond motifs is 1. The molecule has 0 bridgehead atoms. The predicted molar refractivity (Wildman–Crippen MR) is 140 cm³/mol. The van der Waals surface area contributed by atoms with Gasteiger partial charge >= 0.3 is 0 Å². The summed E-state index contributed by atoms with van der Waals surface area (Å²) in [7, 11) is 3.36. The first-order chi connectivity index (χ1) is 15.1. The molecule has 0 saturated carbocycles. The van der Waals surface area contributed by atoms with E-state index in [1.807, 2.05) is 41.3 Å². The second kappa shape index (κ2) is 13.0. The lowest BCUT2D eigenvalue weighted by Crippen LogP contribution is -2.39. The Labute approximate surface area is 207 Å². The maximum Gasteiger partial charge on any atom is 0.251 e. The fourth-order valence-electron chi connectivity index (χ4n) is 3.74. The highest BCUT2D eigenvalue weighted by Gasteiger charge is 2.23. The molecule has 32 heavy (non-hydrogen) atoms. The van der Waals surface area contributed by atoms with Gasteiger partial charge in [0.05, 0.1) is 0 Å². The number of aliphatic imine (C=N–C) groups is 1. The van der Waals surface area contributed by atoms with Gasteiger partial charge in [-0.1, -0.05) is 30.3 Å². The molecule has 0 radical (unpaired) electrons. The number of halogens is 1. The van der Waals surface area contributed by atoms with Crippen molar-refractivity contribution in [3.8, 4) is 0 Å². The minimum Gasteiger partial charge on any atom is -0.356 e. The van der Waals surface area contributed by atoms with Crippen LogP contribution in [0.4, 0.5) is 5.69 Å². The van der Waals surface area contributed by atoms with Gasteiger partial charge in [-0.2, -0.15) is 0 Å². The summed E-state index contributed by atoms with van der Waals surface area (Å²) in [5, 5.41) is 9.18. The summed E-state index contributed by atoms with van der Waals surface area (Å²) in [5.74, 6) is 0.798. The highest BCUT2D eigenvalue weighted by Crippen LogP contribution is 2.27. The standard InChI is InChI=1S/C24H31N5O2.HI/c1-25-23(31)20-9-5-7-18(17-20)12-15-28-24(26-2)27-14-6-11-22(30)29-16-13-19-8-3-4-10-21(19)29;/h3-5,7-10,17H,6,11-16H2,1-2H3,(H,25,31)(H2,26,27,28);1H. The Kier molecular flexibility index (Phi) is 10.5. The normalized spacial score (nSPS) is 12.6. The second-order valence-corrected chi connectivity index (χ2v) is 7.48. The van der Waals surface area contributed by atoms with Gasteiger partial charge in [0.15, 0.2) is 5.96 Å². The average molecular weight is 549 g/mol. The summed E-state index contributed by atoms with van der Waals surface area (Å²) in [6.45, 7) is 2.14. The topological polar surface area (TPSA) is 85.8 Å². The van der Waals surface area contributed by atoms with Gasteiger partial charge in [-0.3, -0.25) is 14.6 Å². The van der Waals surface area contributed by atoms with Gasteiger partial charge < -0.3 is 20.9 Å². The zero-order valence-corrected chi connectivity index (χ0v) is 21.0. The number of benzene rings is 2. The first kappa shape index (κ1) is 25.6. The van der Waals surface area contributed by atoms with Crippen molar-refractivity contribution in [1.82, 2.24) is 16.0 Å². The minimum absolute atomic E-state index is 0. The van der Waals surface area contributed by atoms with Crippen molar-refractivity contribution in [3.63, 3.8) is 0 Å². The summed E-state index contributed by atoms with van der Waals surface area (Å²) in [5.41, 5.74) is 4.05. The number of nitrogens with zero attached hydrogens (tertiary/aromatic N) is 2. The van der Waals surface area contributed by atoms with Crippen molar-refractivity contribution in [2.45, 2.75) is 25.7 Å². The van der Waals surface area contributed by atoms with Crippen LogP contribution in [0.1, 0.15) is 34.3 Å². The molecule has 0 fully saturated rings. The van der Waals surface area contributed by atoms with Gasteiger partial charge in [-0.05, 0) is 48.6 Å². The molecule has 0 spiro atoms. The molecule has 2 amide bonds. The molecule has 0 unspecified atom stereocenters. The molecule has 3 N–H and O–H groups in total. The van der Waals surface area contributed by atoms with Crippen LogP contribution in [-0.2, 0) is 17.6 Å². The SMILES string of the molecule is CN=C(NCCCC(=O)N1CCc2ccccc21)NCCc1cccc(C(=O)NC)c1.I. The van der Waals surface area contributed by atoms with Crippen molar-refractivity contribution < 1.29 is 9.59 Å². The fraction of sp³-hybridized carbons (Fsp3) is 0.375. The first-order valence-corrected chi connectivity index (χ1v) is 10.8. The van der Waals surface area contributed by atoms with Crippen LogP contribution in [0, 0.1) is 0 Å². The Hall–Kier alpha value is -2.62. The zero-order chi connectivity index (χ0) is 22.1. The molecule has 0 atom stereocenters. The molecule has 2 aromatic rings. The van der Waals surface area contributed by atoms with Crippen LogP contribution in [0.2, 0.25) is 0 Å². The van der Waals surface area contributed by atoms with E-state index >= 15 is 0 Å². The third kappa shape index (κ3) is 6.94. The summed E-state index contributed by atoms with van der Waals surface area (Å²) >= 11 is 0. The molecule has 7 nitrogen and oxygen atoms in total. The number of hydrogen-bond donors (Lipinski definition) is 3. The number of hydrogen-bond acceptors (Lipinski definition) is 3. The Balaban J connectivity index is 0.00000363. The van der Waals surface area contributed by atoms with Gasteiger partial charge in [-0.25, -0.2) is 0 Å². The van der Waals surface area contributed by atoms with E-state index in [4.69, 9.17) is 0 Å². The zero-order valence-electron chi connectivity index (χ0n) is 18.7. The monoisotopic (exact) mass is 549 g/mol. The summed E-state index contributed by atoms with van der Waals surface area (Å²) < 4.78 is 0. The largest absolute Gasteiger partial charge is 0.356 e. The van der Waals surface area contributed by atoms with Crippen LogP contribution >= 0.6 is 24.0 Å². The van der Waals surface area contributed by atoms with E-state index in [1.165, 1.54) is 5.56 Å². The van der Waals surface area contributed by atoms with E-state index in [0.29, 0.717) is 31.0 Å². The van der Waals surface area contributed by atoms with Crippen molar-refractivity contribution in [2.24, 2.45) is 4.99 Å². The Bertz CT molecular complexity index is 947. The number of rotatable bonds is 8. The van der Waals surface area contributed by atoms with E-state index in [9.17, 15) is 9.59 Å². The fourth-order valence-corrected chi connectivity index (χ4v) is 3.74. The van der Waals surface area contributed by atoms with Crippen molar-refractivity contribution in [3.05, 3.63) is 65.2 Å². The van der Waals surface area contributed by atoms with E-state index in [-0.39, 0.29) is 35.8 Å². The third-order valence-corrected chi connectivity index (χ3v) is 5.39. The summed E-state index contributed by atoms with van der Waals surface area (Å²) in [6.07, 6.45) is 2.96. The van der Waals surface area contributed by atoms with Gasteiger partial charge in [0, 0.05) is 51.4 Å². The molecule has 1 aliphatic heterocycles.